The normalized spacial score (nSPS) is 11.6. The Balaban J connectivity index is 1.93. The van der Waals surface area contributed by atoms with Gasteiger partial charge in [-0.25, -0.2) is 0 Å². The van der Waals surface area contributed by atoms with Crippen LogP contribution < -0.4 is 0 Å². The van der Waals surface area contributed by atoms with Gasteiger partial charge >= 0.3 is 0 Å². The minimum Gasteiger partial charge on any atom is -0.377 e. The third kappa shape index (κ3) is 8.19. The summed E-state index contributed by atoms with van der Waals surface area (Å²) in [6.45, 7) is 1.71. The van der Waals surface area contributed by atoms with E-state index in [1.807, 2.05) is 30.3 Å². The van der Waals surface area contributed by atoms with Crippen molar-refractivity contribution in [2.45, 2.75) is 6.61 Å². The summed E-state index contributed by atoms with van der Waals surface area (Å²) in [4.78, 5) is 0. The van der Waals surface area contributed by atoms with E-state index in [9.17, 15) is 8.42 Å². The van der Waals surface area contributed by atoms with Crippen molar-refractivity contribution >= 4 is 10.1 Å². The van der Waals surface area contributed by atoms with Gasteiger partial charge in [-0.2, -0.15) is 8.42 Å². The summed E-state index contributed by atoms with van der Waals surface area (Å²) in [5, 5.41) is 0. The van der Waals surface area contributed by atoms with E-state index in [0.29, 0.717) is 19.8 Å². The Hall–Kier alpha value is -0.950. The van der Waals surface area contributed by atoms with E-state index in [4.69, 9.17) is 9.47 Å². The van der Waals surface area contributed by atoms with Crippen LogP contribution in [0.1, 0.15) is 5.56 Å². The number of hydrogen-bond acceptors (Lipinski definition) is 5. The van der Waals surface area contributed by atoms with Crippen LogP contribution in [0.2, 0.25) is 0 Å². The fourth-order valence-corrected chi connectivity index (χ4v) is 1.60. The molecule has 6 heteroatoms. The Morgan fingerprint density at radius 2 is 1.56 bits per heavy atom. The fourth-order valence-electron chi connectivity index (χ4n) is 1.23. The average molecular weight is 274 g/mol. The summed E-state index contributed by atoms with van der Waals surface area (Å²) in [6, 6.07) is 9.84. The van der Waals surface area contributed by atoms with Crippen molar-refractivity contribution < 1.29 is 22.1 Å². The highest BCUT2D eigenvalue weighted by atomic mass is 32.2. The maximum Gasteiger partial charge on any atom is 0.264 e. The van der Waals surface area contributed by atoms with E-state index in [1.165, 1.54) is 0 Å². The molecule has 0 aliphatic carbocycles. The monoisotopic (exact) mass is 274 g/mol. The van der Waals surface area contributed by atoms with Crippen molar-refractivity contribution in [1.82, 2.24) is 0 Å². The molecule has 0 spiro atoms. The van der Waals surface area contributed by atoms with Crippen LogP contribution in [0.15, 0.2) is 30.3 Å². The first kappa shape index (κ1) is 15.1. The predicted octanol–water partition coefficient (Wildman–Crippen LogP) is 1.20. The molecule has 0 aliphatic rings. The molecular formula is C12H18O5S. The van der Waals surface area contributed by atoms with Crippen LogP contribution in [0.5, 0.6) is 0 Å². The standard InChI is InChI=1S/C12H18O5S/c1-18(13,14)17-10-9-15-7-8-16-11-12-5-3-2-4-6-12/h2-6H,7-11H2,1H3. The van der Waals surface area contributed by atoms with E-state index >= 15 is 0 Å². The molecule has 0 amide bonds. The summed E-state index contributed by atoms with van der Waals surface area (Å²) in [5.41, 5.74) is 1.11. The van der Waals surface area contributed by atoms with Gasteiger partial charge in [0, 0.05) is 0 Å². The van der Waals surface area contributed by atoms with Gasteiger partial charge in [0.1, 0.15) is 0 Å². The van der Waals surface area contributed by atoms with Crippen LogP contribution >= 0.6 is 0 Å². The smallest absolute Gasteiger partial charge is 0.264 e. The molecule has 0 radical (unpaired) electrons. The van der Waals surface area contributed by atoms with Crippen LogP contribution in [0.25, 0.3) is 0 Å². The summed E-state index contributed by atoms with van der Waals surface area (Å²) < 4.78 is 36.3. The summed E-state index contributed by atoms with van der Waals surface area (Å²) in [7, 11) is -3.37. The molecule has 1 aromatic rings. The molecule has 18 heavy (non-hydrogen) atoms. The number of hydrogen-bond donors (Lipinski definition) is 0. The average Bonchev–Trinajstić information content (AvgIpc) is 2.32. The van der Waals surface area contributed by atoms with Crippen molar-refractivity contribution in [2.75, 3.05) is 32.7 Å². The molecular weight excluding hydrogens is 256 g/mol. The Labute approximate surface area is 108 Å². The van der Waals surface area contributed by atoms with Crippen LogP contribution in [0.3, 0.4) is 0 Å². The first-order chi connectivity index (χ1) is 8.58. The third-order valence-corrected chi connectivity index (χ3v) is 2.60. The summed E-state index contributed by atoms with van der Waals surface area (Å²) in [5.74, 6) is 0. The molecule has 1 rings (SSSR count). The number of rotatable bonds is 9. The van der Waals surface area contributed by atoms with Gasteiger partial charge in [-0.15, -0.1) is 0 Å². The van der Waals surface area contributed by atoms with Crippen molar-refractivity contribution in [2.24, 2.45) is 0 Å². The Kier molecular flexibility index (Phi) is 6.89. The zero-order chi connectivity index (χ0) is 13.3. The highest BCUT2D eigenvalue weighted by molar-refractivity contribution is 7.85. The lowest BCUT2D eigenvalue weighted by atomic mass is 10.2. The number of benzene rings is 1. The van der Waals surface area contributed by atoms with Gasteiger partial charge in [0.25, 0.3) is 10.1 Å². The fraction of sp³-hybridized carbons (Fsp3) is 0.500. The second-order valence-electron chi connectivity index (χ2n) is 3.68. The molecule has 0 fully saturated rings. The van der Waals surface area contributed by atoms with Crippen LogP contribution in [-0.4, -0.2) is 41.1 Å². The molecule has 0 bridgehead atoms. The van der Waals surface area contributed by atoms with E-state index in [1.54, 1.807) is 0 Å². The van der Waals surface area contributed by atoms with Gasteiger partial charge in [0.2, 0.25) is 0 Å². The minimum absolute atomic E-state index is 0.0392. The quantitative estimate of drug-likeness (QED) is 0.500. The zero-order valence-electron chi connectivity index (χ0n) is 10.4. The Morgan fingerprint density at radius 1 is 0.944 bits per heavy atom. The highest BCUT2D eigenvalue weighted by Crippen LogP contribution is 1.99. The molecule has 0 atom stereocenters. The molecule has 102 valence electrons. The highest BCUT2D eigenvalue weighted by Gasteiger charge is 2.00. The Morgan fingerprint density at radius 3 is 2.22 bits per heavy atom. The molecule has 5 nitrogen and oxygen atoms in total. The van der Waals surface area contributed by atoms with E-state index in [2.05, 4.69) is 4.18 Å². The SMILES string of the molecule is CS(=O)(=O)OCCOCCOCc1ccccc1. The largest absolute Gasteiger partial charge is 0.377 e. The van der Waals surface area contributed by atoms with Crippen LogP contribution in [0, 0.1) is 0 Å². The minimum atomic E-state index is -3.37. The van der Waals surface area contributed by atoms with Gasteiger partial charge in [-0.05, 0) is 5.56 Å². The van der Waals surface area contributed by atoms with E-state index in [-0.39, 0.29) is 13.2 Å². The molecule has 0 aromatic heterocycles. The third-order valence-electron chi connectivity index (χ3n) is 2.01. The van der Waals surface area contributed by atoms with E-state index in [0.717, 1.165) is 11.8 Å². The Bertz CT molecular complexity index is 415. The molecule has 0 unspecified atom stereocenters. The summed E-state index contributed by atoms with van der Waals surface area (Å²) in [6.07, 6.45) is 1.01. The lowest BCUT2D eigenvalue weighted by Crippen LogP contribution is -2.12. The number of ether oxygens (including phenoxy) is 2. The topological polar surface area (TPSA) is 61.8 Å². The van der Waals surface area contributed by atoms with Crippen molar-refractivity contribution in [3.8, 4) is 0 Å². The van der Waals surface area contributed by atoms with Crippen molar-refractivity contribution in [1.29, 1.82) is 0 Å². The van der Waals surface area contributed by atoms with Crippen molar-refractivity contribution in [3.63, 3.8) is 0 Å². The van der Waals surface area contributed by atoms with Crippen LogP contribution in [0.4, 0.5) is 0 Å². The van der Waals surface area contributed by atoms with Gasteiger partial charge in [-0.1, -0.05) is 30.3 Å². The van der Waals surface area contributed by atoms with Gasteiger partial charge in [0.05, 0.1) is 39.3 Å². The molecule has 0 saturated carbocycles. The van der Waals surface area contributed by atoms with Gasteiger partial charge < -0.3 is 9.47 Å². The second kappa shape index (κ2) is 8.20. The molecule has 0 saturated heterocycles. The summed E-state index contributed by atoms with van der Waals surface area (Å²) >= 11 is 0. The van der Waals surface area contributed by atoms with Crippen LogP contribution in [-0.2, 0) is 30.4 Å². The molecule has 0 heterocycles. The zero-order valence-corrected chi connectivity index (χ0v) is 11.2. The van der Waals surface area contributed by atoms with Gasteiger partial charge in [0.15, 0.2) is 0 Å². The molecule has 1 aromatic carbocycles. The van der Waals surface area contributed by atoms with E-state index < -0.39 is 10.1 Å². The lowest BCUT2D eigenvalue weighted by molar-refractivity contribution is 0.0311. The lowest BCUT2D eigenvalue weighted by Gasteiger charge is -2.05. The maximum atomic E-state index is 10.6. The second-order valence-corrected chi connectivity index (χ2v) is 5.32. The predicted molar refractivity (Wildman–Crippen MR) is 67.7 cm³/mol. The maximum absolute atomic E-state index is 10.6. The molecule has 0 aliphatic heterocycles. The van der Waals surface area contributed by atoms with Gasteiger partial charge in [-0.3, -0.25) is 4.18 Å². The first-order valence-electron chi connectivity index (χ1n) is 5.62. The molecule has 0 N–H and O–H groups in total. The van der Waals surface area contributed by atoms with Crippen molar-refractivity contribution in [3.05, 3.63) is 35.9 Å². The first-order valence-corrected chi connectivity index (χ1v) is 7.43.